The number of halogens is 1. The van der Waals surface area contributed by atoms with Crippen molar-refractivity contribution in [2.24, 2.45) is 5.92 Å². The Bertz CT molecular complexity index is 1070. The minimum atomic E-state index is -0.279. The van der Waals surface area contributed by atoms with E-state index < -0.39 is 0 Å². The van der Waals surface area contributed by atoms with Crippen molar-refractivity contribution in [3.63, 3.8) is 0 Å². The van der Waals surface area contributed by atoms with Gasteiger partial charge in [0.2, 0.25) is 5.91 Å². The number of hydrogen-bond donors (Lipinski definition) is 2. The highest BCUT2D eigenvalue weighted by Gasteiger charge is 2.29. The Labute approximate surface area is 180 Å². The van der Waals surface area contributed by atoms with E-state index in [2.05, 4.69) is 15.7 Å². The molecule has 0 spiro atoms. The largest absolute Gasteiger partial charge is 0.345 e. The van der Waals surface area contributed by atoms with Crippen LogP contribution in [0.4, 0.5) is 5.69 Å². The third-order valence-corrected chi connectivity index (χ3v) is 5.55. The number of aryl methyl sites for hydroxylation is 1. The second kappa shape index (κ2) is 8.32. The Balaban J connectivity index is 1.46. The van der Waals surface area contributed by atoms with Crippen LogP contribution in [-0.4, -0.2) is 21.6 Å². The predicted molar refractivity (Wildman–Crippen MR) is 117 cm³/mol. The highest BCUT2D eigenvalue weighted by molar-refractivity contribution is 6.33. The molecule has 0 aliphatic heterocycles. The Hall–Kier alpha value is -3.12. The second-order valence-corrected chi connectivity index (χ2v) is 7.94. The maximum Gasteiger partial charge on any atom is 0.256 e. The van der Waals surface area contributed by atoms with Crippen LogP contribution in [0.25, 0.3) is 5.69 Å². The lowest BCUT2D eigenvalue weighted by Gasteiger charge is -2.15. The summed E-state index contributed by atoms with van der Waals surface area (Å²) in [7, 11) is 0. The number of aromatic nitrogens is 2. The molecule has 0 radical (unpaired) electrons. The molecule has 1 aromatic heterocycles. The maximum absolute atomic E-state index is 12.9. The summed E-state index contributed by atoms with van der Waals surface area (Å²) in [4.78, 5) is 24.8. The third kappa shape index (κ3) is 4.24. The van der Waals surface area contributed by atoms with Gasteiger partial charge in [0.1, 0.15) is 5.15 Å². The molecule has 1 heterocycles. The first-order chi connectivity index (χ1) is 14.4. The molecule has 1 saturated carbocycles. The first-order valence-corrected chi connectivity index (χ1v) is 10.3. The van der Waals surface area contributed by atoms with Crippen molar-refractivity contribution in [1.29, 1.82) is 0 Å². The molecule has 3 aromatic rings. The predicted octanol–water partition coefficient (Wildman–Crippen LogP) is 4.67. The zero-order chi connectivity index (χ0) is 21.3. The van der Waals surface area contributed by atoms with Gasteiger partial charge in [-0.3, -0.25) is 9.59 Å². The van der Waals surface area contributed by atoms with Crippen LogP contribution in [0, 0.1) is 12.8 Å². The number of hydrogen-bond acceptors (Lipinski definition) is 3. The standard InChI is InChI=1S/C23H23ClN4O2/c1-14(16-10-12-18(13-11-16)26-22(29)17-8-9-17)25-23(30)20-15(2)27-28(21(20)24)19-6-4-3-5-7-19/h3-7,10-14,17H,8-9H2,1-2H3,(H,25,30)(H,26,29). The Kier molecular flexibility index (Phi) is 5.59. The lowest BCUT2D eigenvalue weighted by atomic mass is 10.1. The number of carbonyl (C=O) groups is 2. The van der Waals surface area contributed by atoms with Crippen molar-refractivity contribution in [3.05, 3.63) is 76.6 Å². The third-order valence-electron chi connectivity index (χ3n) is 5.21. The van der Waals surface area contributed by atoms with Gasteiger partial charge in [-0.2, -0.15) is 5.10 Å². The Morgan fingerprint density at radius 1 is 1.10 bits per heavy atom. The van der Waals surface area contributed by atoms with Crippen LogP contribution in [0.5, 0.6) is 0 Å². The van der Waals surface area contributed by atoms with E-state index in [9.17, 15) is 9.59 Å². The van der Waals surface area contributed by atoms with Crippen molar-refractivity contribution in [3.8, 4) is 5.69 Å². The van der Waals surface area contributed by atoms with Crippen LogP contribution in [0.15, 0.2) is 54.6 Å². The highest BCUT2D eigenvalue weighted by Crippen LogP contribution is 2.30. The van der Waals surface area contributed by atoms with E-state index in [1.165, 1.54) is 0 Å². The van der Waals surface area contributed by atoms with Crippen molar-refractivity contribution in [1.82, 2.24) is 15.1 Å². The molecule has 1 aliphatic rings. The fourth-order valence-electron chi connectivity index (χ4n) is 3.29. The molecule has 0 bridgehead atoms. The topological polar surface area (TPSA) is 76.0 Å². The number of benzene rings is 2. The van der Waals surface area contributed by atoms with Gasteiger partial charge in [0.05, 0.1) is 23.0 Å². The first-order valence-electron chi connectivity index (χ1n) is 9.96. The average Bonchev–Trinajstić information content (AvgIpc) is 3.54. The Morgan fingerprint density at radius 2 is 1.77 bits per heavy atom. The lowest BCUT2D eigenvalue weighted by molar-refractivity contribution is -0.117. The summed E-state index contributed by atoms with van der Waals surface area (Å²) in [6.45, 7) is 3.67. The highest BCUT2D eigenvalue weighted by atomic mass is 35.5. The molecule has 154 valence electrons. The number of carbonyl (C=O) groups excluding carboxylic acids is 2. The zero-order valence-corrected chi connectivity index (χ0v) is 17.6. The molecule has 6 nitrogen and oxygen atoms in total. The monoisotopic (exact) mass is 422 g/mol. The average molecular weight is 423 g/mol. The van der Waals surface area contributed by atoms with Crippen LogP contribution in [0.2, 0.25) is 5.15 Å². The summed E-state index contributed by atoms with van der Waals surface area (Å²) in [5.41, 5.74) is 3.41. The van der Waals surface area contributed by atoms with Gasteiger partial charge in [0.25, 0.3) is 5.91 Å². The quantitative estimate of drug-likeness (QED) is 0.605. The van der Waals surface area contributed by atoms with Gasteiger partial charge < -0.3 is 10.6 Å². The molecule has 1 aliphatic carbocycles. The Morgan fingerprint density at radius 3 is 2.40 bits per heavy atom. The van der Waals surface area contributed by atoms with Crippen LogP contribution < -0.4 is 10.6 Å². The molecular weight excluding hydrogens is 400 g/mol. The molecule has 30 heavy (non-hydrogen) atoms. The van der Waals surface area contributed by atoms with Gasteiger partial charge in [-0.25, -0.2) is 4.68 Å². The minimum absolute atomic E-state index is 0.0737. The number of para-hydroxylation sites is 1. The smallest absolute Gasteiger partial charge is 0.256 e. The fraction of sp³-hybridized carbons (Fsp3) is 0.261. The van der Waals surface area contributed by atoms with Crippen molar-refractivity contribution in [2.75, 3.05) is 5.32 Å². The van der Waals surface area contributed by atoms with Gasteiger partial charge in [0.15, 0.2) is 0 Å². The van der Waals surface area contributed by atoms with Crippen LogP contribution in [0.1, 0.15) is 47.4 Å². The van der Waals surface area contributed by atoms with E-state index in [0.29, 0.717) is 11.3 Å². The zero-order valence-electron chi connectivity index (χ0n) is 16.9. The summed E-state index contributed by atoms with van der Waals surface area (Å²) in [6, 6.07) is 16.7. The fourth-order valence-corrected chi connectivity index (χ4v) is 3.65. The first kappa shape index (κ1) is 20.2. The number of amides is 2. The van der Waals surface area contributed by atoms with Gasteiger partial charge in [-0.05, 0) is 56.5 Å². The lowest BCUT2D eigenvalue weighted by Crippen LogP contribution is -2.27. The van der Waals surface area contributed by atoms with Crippen molar-refractivity contribution < 1.29 is 9.59 Å². The van der Waals surface area contributed by atoms with E-state index in [1.807, 2.05) is 61.5 Å². The summed E-state index contributed by atoms with van der Waals surface area (Å²) in [5, 5.41) is 10.6. The van der Waals surface area contributed by atoms with Crippen LogP contribution in [-0.2, 0) is 4.79 Å². The summed E-state index contributed by atoms with van der Waals surface area (Å²) < 4.78 is 1.56. The van der Waals surface area contributed by atoms with Crippen LogP contribution in [0.3, 0.4) is 0 Å². The van der Waals surface area contributed by atoms with Crippen LogP contribution >= 0.6 is 11.6 Å². The van der Waals surface area contributed by atoms with E-state index in [4.69, 9.17) is 11.6 Å². The van der Waals surface area contributed by atoms with Gasteiger partial charge >= 0.3 is 0 Å². The van der Waals surface area contributed by atoms with E-state index in [0.717, 1.165) is 29.8 Å². The molecular formula is C23H23ClN4O2. The summed E-state index contributed by atoms with van der Waals surface area (Å²) >= 11 is 6.49. The van der Waals surface area contributed by atoms with Gasteiger partial charge in [-0.15, -0.1) is 0 Å². The van der Waals surface area contributed by atoms with E-state index in [1.54, 1.807) is 11.6 Å². The number of rotatable bonds is 6. The summed E-state index contributed by atoms with van der Waals surface area (Å²) in [5.74, 6) is -0.0457. The molecule has 1 unspecified atom stereocenters. The van der Waals surface area contributed by atoms with Gasteiger partial charge in [-0.1, -0.05) is 41.9 Å². The molecule has 2 aromatic carbocycles. The van der Waals surface area contributed by atoms with Crippen molar-refractivity contribution >= 4 is 29.1 Å². The minimum Gasteiger partial charge on any atom is -0.345 e. The molecule has 0 saturated heterocycles. The molecule has 1 fully saturated rings. The second-order valence-electron chi connectivity index (χ2n) is 7.58. The van der Waals surface area contributed by atoms with Crippen molar-refractivity contribution in [2.45, 2.75) is 32.7 Å². The number of nitrogens with one attached hydrogen (secondary N) is 2. The molecule has 1 atom stereocenters. The molecule has 2 N–H and O–H groups in total. The van der Waals surface area contributed by atoms with Gasteiger partial charge in [0, 0.05) is 11.6 Å². The number of nitrogens with zero attached hydrogens (tertiary/aromatic N) is 2. The molecule has 7 heteroatoms. The maximum atomic E-state index is 12.9. The normalized spacial score (nSPS) is 14.2. The number of anilines is 1. The van der Waals surface area contributed by atoms with E-state index in [-0.39, 0.29) is 28.9 Å². The molecule has 2 amide bonds. The van der Waals surface area contributed by atoms with E-state index >= 15 is 0 Å². The molecule has 4 rings (SSSR count). The summed E-state index contributed by atoms with van der Waals surface area (Å²) in [6.07, 6.45) is 1.94. The SMILES string of the molecule is Cc1nn(-c2ccccc2)c(Cl)c1C(=O)NC(C)c1ccc(NC(=O)C2CC2)cc1.